The first-order valence-electron chi connectivity index (χ1n) is 7.06. The molecule has 0 saturated heterocycles. The van der Waals surface area contributed by atoms with Crippen LogP contribution in [-0.4, -0.2) is 13.1 Å². The van der Waals surface area contributed by atoms with Gasteiger partial charge >= 0.3 is 5.97 Å². The molecule has 2 nitrogen and oxygen atoms in total. The van der Waals surface area contributed by atoms with Crippen molar-refractivity contribution in [3.8, 4) is 0 Å². The Labute approximate surface area is 136 Å². The van der Waals surface area contributed by atoms with Crippen molar-refractivity contribution in [2.75, 3.05) is 7.11 Å². The topological polar surface area (TPSA) is 26.3 Å². The summed E-state index contributed by atoms with van der Waals surface area (Å²) in [5, 5.41) is 0.665. The SMILES string of the molecule is COC(=O)C(C)(C)/C(=C/c1ccccc1)c1ccc(Cl)cc1. The normalized spacial score (nSPS) is 12.1. The molecule has 2 rings (SSSR count). The summed E-state index contributed by atoms with van der Waals surface area (Å²) in [4.78, 5) is 12.2. The number of halogens is 1. The predicted molar refractivity (Wildman–Crippen MR) is 91.6 cm³/mol. The van der Waals surface area contributed by atoms with Gasteiger partial charge in [-0.25, -0.2) is 0 Å². The predicted octanol–water partition coefficient (Wildman–Crippen LogP) is 5.08. The minimum absolute atomic E-state index is 0.273. The molecule has 0 unspecified atom stereocenters. The van der Waals surface area contributed by atoms with Crippen LogP contribution < -0.4 is 0 Å². The molecular formula is C19H19ClO2. The third-order valence-corrected chi connectivity index (χ3v) is 3.89. The lowest BCUT2D eigenvalue weighted by Crippen LogP contribution is -2.27. The largest absolute Gasteiger partial charge is 0.468 e. The Hall–Kier alpha value is -2.06. The molecule has 0 aromatic heterocycles. The van der Waals surface area contributed by atoms with Crippen LogP contribution in [0.2, 0.25) is 5.02 Å². The Morgan fingerprint density at radius 2 is 1.64 bits per heavy atom. The van der Waals surface area contributed by atoms with Crippen molar-refractivity contribution in [2.45, 2.75) is 13.8 Å². The Morgan fingerprint density at radius 1 is 1.05 bits per heavy atom. The van der Waals surface area contributed by atoms with Gasteiger partial charge in [-0.15, -0.1) is 0 Å². The minimum atomic E-state index is -0.765. The van der Waals surface area contributed by atoms with Gasteiger partial charge in [-0.3, -0.25) is 4.79 Å². The molecule has 3 heteroatoms. The van der Waals surface area contributed by atoms with Crippen LogP contribution in [0, 0.1) is 5.41 Å². The molecule has 22 heavy (non-hydrogen) atoms. The molecule has 0 heterocycles. The zero-order valence-corrected chi connectivity index (χ0v) is 13.7. The van der Waals surface area contributed by atoms with Crippen molar-refractivity contribution in [1.82, 2.24) is 0 Å². The molecule has 0 aliphatic heterocycles. The lowest BCUT2D eigenvalue weighted by molar-refractivity contribution is -0.147. The third-order valence-electron chi connectivity index (χ3n) is 3.63. The van der Waals surface area contributed by atoms with E-state index in [2.05, 4.69) is 0 Å². The quantitative estimate of drug-likeness (QED) is 0.581. The number of methoxy groups -OCH3 is 1. The summed E-state index contributed by atoms with van der Waals surface area (Å²) in [6.45, 7) is 3.73. The zero-order valence-electron chi connectivity index (χ0n) is 13.0. The average Bonchev–Trinajstić information content (AvgIpc) is 2.53. The third kappa shape index (κ3) is 3.58. The molecule has 0 spiro atoms. The second-order valence-electron chi connectivity index (χ2n) is 5.59. The lowest BCUT2D eigenvalue weighted by atomic mass is 9.79. The summed E-state index contributed by atoms with van der Waals surface area (Å²) < 4.78 is 4.97. The van der Waals surface area contributed by atoms with E-state index in [-0.39, 0.29) is 5.97 Å². The summed E-state index contributed by atoms with van der Waals surface area (Å²) in [6, 6.07) is 17.4. The highest BCUT2D eigenvalue weighted by atomic mass is 35.5. The van der Waals surface area contributed by atoms with Crippen molar-refractivity contribution >= 4 is 29.2 Å². The van der Waals surface area contributed by atoms with Gasteiger partial charge in [0.2, 0.25) is 0 Å². The monoisotopic (exact) mass is 314 g/mol. The van der Waals surface area contributed by atoms with Gasteiger partial charge in [-0.2, -0.15) is 0 Å². The van der Waals surface area contributed by atoms with E-state index in [1.54, 1.807) is 0 Å². The van der Waals surface area contributed by atoms with Gasteiger partial charge in [0.15, 0.2) is 0 Å². The maximum Gasteiger partial charge on any atom is 0.315 e. The van der Waals surface area contributed by atoms with Crippen LogP contribution in [0.3, 0.4) is 0 Å². The van der Waals surface area contributed by atoms with Crippen LogP contribution in [0.25, 0.3) is 11.6 Å². The van der Waals surface area contributed by atoms with Crippen LogP contribution in [0.4, 0.5) is 0 Å². The maximum atomic E-state index is 12.2. The summed E-state index contributed by atoms with van der Waals surface area (Å²) in [5.74, 6) is -0.273. The molecule has 0 aliphatic rings. The van der Waals surface area contributed by atoms with E-state index in [0.29, 0.717) is 5.02 Å². The number of esters is 1. The molecule has 0 radical (unpaired) electrons. The Morgan fingerprint density at radius 3 is 2.18 bits per heavy atom. The fourth-order valence-corrected chi connectivity index (χ4v) is 2.46. The highest BCUT2D eigenvalue weighted by molar-refractivity contribution is 6.30. The van der Waals surface area contributed by atoms with Crippen molar-refractivity contribution in [3.63, 3.8) is 0 Å². The van der Waals surface area contributed by atoms with Gasteiger partial charge in [0.25, 0.3) is 0 Å². The first-order chi connectivity index (χ1) is 10.4. The highest BCUT2D eigenvalue weighted by Crippen LogP contribution is 2.37. The summed E-state index contributed by atoms with van der Waals surface area (Å²) in [7, 11) is 1.41. The van der Waals surface area contributed by atoms with Gasteiger partial charge in [0.1, 0.15) is 0 Å². The molecule has 0 N–H and O–H groups in total. The van der Waals surface area contributed by atoms with Crippen molar-refractivity contribution in [3.05, 3.63) is 70.7 Å². The lowest BCUT2D eigenvalue weighted by Gasteiger charge is -2.26. The van der Waals surface area contributed by atoms with E-state index >= 15 is 0 Å². The van der Waals surface area contributed by atoms with Gasteiger partial charge in [0.05, 0.1) is 12.5 Å². The van der Waals surface area contributed by atoms with E-state index in [1.807, 2.05) is 74.5 Å². The maximum absolute atomic E-state index is 12.2. The van der Waals surface area contributed by atoms with E-state index in [0.717, 1.165) is 16.7 Å². The van der Waals surface area contributed by atoms with Gasteiger partial charge in [0, 0.05) is 5.02 Å². The van der Waals surface area contributed by atoms with E-state index in [9.17, 15) is 4.79 Å². The van der Waals surface area contributed by atoms with E-state index in [1.165, 1.54) is 7.11 Å². The van der Waals surface area contributed by atoms with Crippen molar-refractivity contribution < 1.29 is 9.53 Å². The molecule has 0 bridgehead atoms. The first-order valence-corrected chi connectivity index (χ1v) is 7.44. The van der Waals surface area contributed by atoms with Crippen LogP contribution in [0.15, 0.2) is 54.6 Å². The summed E-state index contributed by atoms with van der Waals surface area (Å²) >= 11 is 5.97. The van der Waals surface area contributed by atoms with Crippen LogP contribution in [0.1, 0.15) is 25.0 Å². The van der Waals surface area contributed by atoms with Crippen LogP contribution >= 0.6 is 11.6 Å². The van der Waals surface area contributed by atoms with Gasteiger partial charge in [-0.1, -0.05) is 60.1 Å². The smallest absolute Gasteiger partial charge is 0.315 e. The number of hydrogen-bond acceptors (Lipinski definition) is 2. The molecule has 0 aliphatic carbocycles. The Bertz CT molecular complexity index is 670. The molecule has 0 saturated carbocycles. The van der Waals surface area contributed by atoms with Crippen molar-refractivity contribution in [1.29, 1.82) is 0 Å². The second-order valence-corrected chi connectivity index (χ2v) is 6.03. The standard InChI is InChI=1S/C19H19ClO2/c1-19(2,18(21)22-3)17(13-14-7-5-4-6-8-14)15-9-11-16(20)12-10-15/h4-13H,1-3H3/b17-13+. The number of rotatable bonds is 4. The second kappa shape index (κ2) is 6.80. The van der Waals surface area contributed by atoms with E-state index in [4.69, 9.17) is 16.3 Å². The fourth-order valence-electron chi connectivity index (χ4n) is 2.34. The summed E-state index contributed by atoms with van der Waals surface area (Å²) in [5.41, 5.74) is 2.11. The molecule has 0 amide bonds. The molecule has 2 aromatic rings. The minimum Gasteiger partial charge on any atom is -0.468 e. The number of ether oxygens (including phenoxy) is 1. The van der Waals surface area contributed by atoms with E-state index < -0.39 is 5.41 Å². The average molecular weight is 315 g/mol. The molecule has 0 atom stereocenters. The van der Waals surface area contributed by atoms with Gasteiger partial charge in [-0.05, 0) is 42.7 Å². The number of benzene rings is 2. The highest BCUT2D eigenvalue weighted by Gasteiger charge is 2.33. The number of carbonyl (C=O) groups excluding carboxylic acids is 1. The molecule has 0 fully saturated rings. The number of carbonyl (C=O) groups is 1. The first kappa shape index (κ1) is 16.3. The fraction of sp³-hybridized carbons (Fsp3) is 0.211. The molecular weight excluding hydrogens is 296 g/mol. The van der Waals surface area contributed by atoms with Gasteiger partial charge < -0.3 is 4.74 Å². The van der Waals surface area contributed by atoms with Crippen LogP contribution in [-0.2, 0) is 9.53 Å². The van der Waals surface area contributed by atoms with Crippen LogP contribution in [0.5, 0.6) is 0 Å². The zero-order chi connectivity index (χ0) is 16.2. The Kier molecular flexibility index (Phi) is 5.04. The molecule has 2 aromatic carbocycles. The Balaban J connectivity index is 2.57. The number of hydrogen-bond donors (Lipinski definition) is 0. The van der Waals surface area contributed by atoms with Crippen molar-refractivity contribution in [2.24, 2.45) is 5.41 Å². The summed E-state index contributed by atoms with van der Waals surface area (Å²) in [6.07, 6.45) is 2.01. The molecule has 114 valence electrons.